The molecule has 0 amide bonds. The maximum Gasteiger partial charge on any atom is 0.272 e. The lowest BCUT2D eigenvalue weighted by Gasteiger charge is -1.98. The van der Waals surface area contributed by atoms with E-state index in [-0.39, 0.29) is 16.4 Å². The average molecular weight is 216 g/mol. The molecule has 0 unspecified atom stereocenters. The van der Waals surface area contributed by atoms with Crippen molar-refractivity contribution in [2.75, 3.05) is 0 Å². The lowest BCUT2D eigenvalue weighted by molar-refractivity contribution is -0.385. The van der Waals surface area contributed by atoms with E-state index < -0.39 is 4.92 Å². The van der Waals surface area contributed by atoms with Gasteiger partial charge in [-0.25, -0.2) is 0 Å². The Balaban J connectivity index is 3.04. The van der Waals surface area contributed by atoms with Crippen LogP contribution in [0.4, 0.5) is 5.69 Å². The summed E-state index contributed by atoms with van der Waals surface area (Å²) in [6, 6.07) is 6.41. The van der Waals surface area contributed by atoms with E-state index in [2.05, 4.69) is 12.2 Å². The van der Waals surface area contributed by atoms with Crippen molar-refractivity contribution in [1.29, 1.82) is 0 Å². The molecular weight excluding hydrogens is 210 g/mol. The van der Waals surface area contributed by atoms with Crippen molar-refractivity contribution < 1.29 is 4.92 Å². The Hall–Kier alpha value is -1.000. The highest BCUT2D eigenvalue weighted by atomic mass is 35.5. The quantitative estimate of drug-likeness (QED) is 0.337. The molecule has 0 aliphatic heterocycles. The van der Waals surface area contributed by atoms with Crippen LogP contribution in [0.25, 0.3) is 0 Å². The third-order valence-electron chi connectivity index (χ3n) is 1.52. The normalized spacial score (nSPS) is 9.62. The number of nitro benzene ring substituents is 1. The molecule has 5 heteroatoms. The van der Waals surface area contributed by atoms with Gasteiger partial charge in [-0.05, 0) is 0 Å². The minimum absolute atomic E-state index is 0.0606. The number of nitro groups is 1. The zero-order valence-corrected chi connectivity index (χ0v) is 8.14. The summed E-state index contributed by atoms with van der Waals surface area (Å²) >= 11 is 10.2. The van der Waals surface area contributed by atoms with Crippen molar-refractivity contribution in [3.63, 3.8) is 0 Å². The molecule has 1 aromatic carbocycles. The molecule has 0 saturated carbocycles. The Morgan fingerprint density at radius 1 is 1.54 bits per heavy atom. The Labute approximate surface area is 85.5 Å². The molecule has 0 N–H and O–H groups in total. The van der Waals surface area contributed by atoms with Crippen molar-refractivity contribution in [3.8, 4) is 0 Å². The second-order valence-electron chi connectivity index (χ2n) is 2.42. The third kappa shape index (κ3) is 2.75. The molecule has 3 nitrogen and oxygen atoms in total. The summed E-state index contributed by atoms with van der Waals surface area (Å²) < 4.78 is 0.231. The Morgan fingerprint density at radius 3 is 2.69 bits per heavy atom. The van der Waals surface area contributed by atoms with Crippen molar-refractivity contribution in [3.05, 3.63) is 39.9 Å². The van der Waals surface area contributed by atoms with Gasteiger partial charge in [-0.2, -0.15) is 0 Å². The molecule has 13 heavy (non-hydrogen) atoms. The van der Waals surface area contributed by atoms with Crippen LogP contribution in [-0.2, 0) is 6.42 Å². The van der Waals surface area contributed by atoms with Gasteiger partial charge in [-0.3, -0.25) is 10.1 Å². The summed E-state index contributed by atoms with van der Waals surface area (Å²) in [5.41, 5.74) is 0.609. The minimum atomic E-state index is -0.440. The molecule has 0 aromatic heterocycles. The number of nitrogens with zero attached hydrogens (tertiary/aromatic N) is 1. The lowest BCUT2D eigenvalue weighted by atomic mass is 10.1. The van der Waals surface area contributed by atoms with Gasteiger partial charge >= 0.3 is 0 Å². The fraction of sp³-hybridized carbons (Fsp3) is 0.125. The van der Waals surface area contributed by atoms with Crippen LogP contribution < -0.4 is 0 Å². The van der Waals surface area contributed by atoms with Crippen LogP contribution in [-0.4, -0.2) is 9.25 Å². The van der Waals surface area contributed by atoms with Gasteiger partial charge in [-0.15, -0.1) is 0 Å². The van der Waals surface area contributed by atoms with E-state index in [1.165, 1.54) is 6.07 Å². The average Bonchev–Trinajstić information content (AvgIpc) is 2.03. The van der Waals surface area contributed by atoms with Gasteiger partial charge in [0, 0.05) is 18.1 Å². The van der Waals surface area contributed by atoms with E-state index in [1.54, 1.807) is 18.2 Å². The van der Waals surface area contributed by atoms with Gasteiger partial charge in [-0.1, -0.05) is 42.0 Å². The monoisotopic (exact) mass is 215 g/mol. The zero-order chi connectivity index (χ0) is 9.84. The second-order valence-corrected chi connectivity index (χ2v) is 3.59. The van der Waals surface area contributed by atoms with Crippen LogP contribution in [0.15, 0.2) is 24.3 Å². The highest BCUT2D eigenvalue weighted by Gasteiger charge is 2.12. The lowest BCUT2D eigenvalue weighted by Crippen LogP contribution is -1.97. The first-order chi connectivity index (χ1) is 6.11. The van der Waals surface area contributed by atoms with Crippen molar-refractivity contribution in [2.45, 2.75) is 6.42 Å². The van der Waals surface area contributed by atoms with E-state index in [1.807, 2.05) is 0 Å². The second kappa shape index (κ2) is 4.30. The van der Waals surface area contributed by atoms with E-state index in [9.17, 15) is 10.1 Å². The van der Waals surface area contributed by atoms with E-state index in [0.29, 0.717) is 5.56 Å². The maximum absolute atomic E-state index is 10.5. The first-order valence-corrected chi connectivity index (χ1v) is 4.30. The van der Waals surface area contributed by atoms with E-state index in [0.717, 1.165) is 0 Å². The summed E-state index contributed by atoms with van der Waals surface area (Å²) in [5.74, 6) is 0. The third-order valence-corrected chi connectivity index (χ3v) is 1.80. The first kappa shape index (κ1) is 10.1. The SMILES string of the molecule is O=[N+]([O-])c1ccccc1CC(=S)Cl. The predicted molar refractivity (Wildman–Crippen MR) is 55.3 cm³/mol. The number of hydrogen-bond acceptors (Lipinski definition) is 3. The van der Waals surface area contributed by atoms with Crippen LogP contribution in [0.1, 0.15) is 5.56 Å². The standard InChI is InChI=1S/C8H6ClNO2S/c9-8(13)5-6-3-1-2-4-7(6)10(11)12/h1-4H,5H2. The highest BCUT2D eigenvalue weighted by molar-refractivity contribution is 7.83. The smallest absolute Gasteiger partial charge is 0.258 e. The molecule has 1 aromatic rings. The minimum Gasteiger partial charge on any atom is -0.258 e. The van der Waals surface area contributed by atoms with E-state index >= 15 is 0 Å². The molecule has 0 radical (unpaired) electrons. The number of thiocarbonyl (C=S) groups is 1. The molecule has 0 aliphatic rings. The molecule has 68 valence electrons. The molecule has 0 saturated heterocycles. The van der Waals surface area contributed by atoms with Gasteiger partial charge in [0.25, 0.3) is 5.69 Å². The molecule has 0 bridgehead atoms. The molecule has 0 aliphatic carbocycles. The summed E-state index contributed by atoms with van der Waals surface area (Å²) in [4.78, 5) is 10.1. The number of halogens is 1. The van der Waals surface area contributed by atoms with Crippen molar-refractivity contribution in [1.82, 2.24) is 0 Å². The fourth-order valence-corrected chi connectivity index (χ4v) is 1.29. The largest absolute Gasteiger partial charge is 0.272 e. The van der Waals surface area contributed by atoms with Gasteiger partial charge in [0.2, 0.25) is 0 Å². The van der Waals surface area contributed by atoms with Gasteiger partial charge in [0.1, 0.15) is 0 Å². The first-order valence-electron chi connectivity index (χ1n) is 3.52. The highest BCUT2D eigenvalue weighted by Crippen LogP contribution is 2.18. The topological polar surface area (TPSA) is 43.1 Å². The van der Waals surface area contributed by atoms with Crippen LogP contribution in [0.2, 0.25) is 0 Å². The molecule has 0 heterocycles. The molecule has 0 atom stereocenters. The molecule has 0 spiro atoms. The summed E-state index contributed by atoms with van der Waals surface area (Å²) in [6.07, 6.45) is 0.258. The Bertz CT molecular complexity index is 354. The summed E-state index contributed by atoms with van der Waals surface area (Å²) in [6.45, 7) is 0. The Morgan fingerprint density at radius 2 is 2.15 bits per heavy atom. The van der Waals surface area contributed by atoms with E-state index in [4.69, 9.17) is 11.6 Å². The maximum atomic E-state index is 10.5. The van der Waals surface area contributed by atoms with Crippen LogP contribution in [0.5, 0.6) is 0 Å². The number of benzene rings is 1. The van der Waals surface area contributed by atoms with Crippen LogP contribution in [0.3, 0.4) is 0 Å². The molecule has 1 rings (SSSR count). The predicted octanol–water partition coefficient (Wildman–Crippen LogP) is 2.70. The number of rotatable bonds is 3. The number of para-hydroxylation sites is 1. The number of hydrogen-bond donors (Lipinski definition) is 0. The van der Waals surface area contributed by atoms with Crippen molar-refractivity contribution >= 4 is 33.8 Å². The van der Waals surface area contributed by atoms with Crippen molar-refractivity contribution in [2.24, 2.45) is 0 Å². The van der Waals surface area contributed by atoms with Gasteiger partial charge < -0.3 is 0 Å². The van der Waals surface area contributed by atoms with Gasteiger partial charge in [0.05, 0.1) is 9.25 Å². The zero-order valence-electron chi connectivity index (χ0n) is 6.57. The molecular formula is C8H6ClNO2S. The van der Waals surface area contributed by atoms with Crippen LogP contribution >= 0.6 is 23.8 Å². The van der Waals surface area contributed by atoms with Gasteiger partial charge in [0.15, 0.2) is 0 Å². The Kier molecular flexibility index (Phi) is 3.33. The molecule has 0 fully saturated rings. The fourth-order valence-electron chi connectivity index (χ4n) is 0.988. The summed E-state index contributed by atoms with van der Waals surface area (Å²) in [7, 11) is 0. The summed E-state index contributed by atoms with van der Waals surface area (Å²) in [5, 5.41) is 10.5. The van der Waals surface area contributed by atoms with Crippen LogP contribution in [0, 0.1) is 10.1 Å².